The SMILES string of the molecule is COCCN(C[C@@H]1CN(Cc2ccccn2)C[C@@H]1c1cccc(F)c1)C(=O)COC. The van der Waals surface area contributed by atoms with E-state index < -0.39 is 0 Å². The lowest BCUT2D eigenvalue weighted by atomic mass is 9.88. The molecule has 6 nitrogen and oxygen atoms in total. The van der Waals surface area contributed by atoms with Crippen LogP contribution in [0.25, 0.3) is 0 Å². The van der Waals surface area contributed by atoms with Crippen molar-refractivity contribution < 1.29 is 18.7 Å². The molecule has 0 saturated carbocycles. The van der Waals surface area contributed by atoms with E-state index in [-0.39, 0.29) is 30.2 Å². The minimum Gasteiger partial charge on any atom is -0.383 e. The van der Waals surface area contributed by atoms with Gasteiger partial charge in [-0.05, 0) is 35.7 Å². The third kappa shape index (κ3) is 6.08. The van der Waals surface area contributed by atoms with E-state index in [0.717, 1.165) is 30.9 Å². The lowest BCUT2D eigenvalue weighted by Crippen LogP contribution is -2.41. The molecule has 3 rings (SSSR count). The zero-order chi connectivity index (χ0) is 21.3. The molecule has 1 aromatic carbocycles. The van der Waals surface area contributed by atoms with Gasteiger partial charge in [0.25, 0.3) is 0 Å². The molecular formula is C23H30FN3O3. The molecule has 0 aliphatic carbocycles. The topological polar surface area (TPSA) is 54.9 Å². The van der Waals surface area contributed by atoms with E-state index in [0.29, 0.717) is 19.7 Å². The van der Waals surface area contributed by atoms with Crippen molar-refractivity contribution in [2.45, 2.75) is 12.5 Å². The van der Waals surface area contributed by atoms with E-state index in [1.165, 1.54) is 13.2 Å². The van der Waals surface area contributed by atoms with Crippen LogP contribution in [0.15, 0.2) is 48.7 Å². The number of likely N-dealkylation sites (tertiary alicyclic amines) is 1. The number of hydrogen-bond acceptors (Lipinski definition) is 5. The fourth-order valence-electron chi connectivity index (χ4n) is 4.13. The number of benzene rings is 1. The number of rotatable bonds is 10. The monoisotopic (exact) mass is 415 g/mol. The molecule has 1 saturated heterocycles. The summed E-state index contributed by atoms with van der Waals surface area (Å²) in [5, 5.41) is 0. The predicted octanol–water partition coefficient (Wildman–Crippen LogP) is 2.56. The van der Waals surface area contributed by atoms with Gasteiger partial charge in [0.2, 0.25) is 5.91 Å². The molecule has 1 aliphatic rings. The van der Waals surface area contributed by atoms with Crippen LogP contribution in [0.1, 0.15) is 17.2 Å². The molecular weight excluding hydrogens is 385 g/mol. The number of amides is 1. The van der Waals surface area contributed by atoms with Crippen LogP contribution in [-0.2, 0) is 20.8 Å². The van der Waals surface area contributed by atoms with Crippen molar-refractivity contribution in [3.63, 3.8) is 0 Å². The Morgan fingerprint density at radius 2 is 2.07 bits per heavy atom. The first-order chi connectivity index (χ1) is 14.6. The molecule has 2 aromatic rings. The summed E-state index contributed by atoms with van der Waals surface area (Å²) in [6, 6.07) is 12.7. The fourth-order valence-corrected chi connectivity index (χ4v) is 4.13. The molecule has 0 N–H and O–H groups in total. The summed E-state index contributed by atoms with van der Waals surface area (Å²) in [6.07, 6.45) is 1.79. The van der Waals surface area contributed by atoms with Crippen LogP contribution in [0.2, 0.25) is 0 Å². The normalized spacial score (nSPS) is 19.2. The fraction of sp³-hybridized carbons (Fsp3) is 0.478. The average Bonchev–Trinajstić information content (AvgIpc) is 3.14. The van der Waals surface area contributed by atoms with Gasteiger partial charge in [-0.3, -0.25) is 14.7 Å². The quantitative estimate of drug-likeness (QED) is 0.597. The van der Waals surface area contributed by atoms with Gasteiger partial charge in [0.1, 0.15) is 12.4 Å². The lowest BCUT2D eigenvalue weighted by Gasteiger charge is -2.28. The Morgan fingerprint density at radius 1 is 1.20 bits per heavy atom. The Balaban J connectivity index is 1.78. The standard InChI is InChI=1S/C23H30FN3O3/c1-29-11-10-27(23(28)17-30-2)14-19-13-26(15-21-8-3-4-9-25-21)16-22(19)18-6-5-7-20(24)12-18/h3-9,12,19,22H,10-11,13-17H2,1-2H3/t19-,22+/m0/s1. The highest BCUT2D eigenvalue weighted by Crippen LogP contribution is 2.34. The number of carbonyl (C=O) groups is 1. The molecule has 162 valence electrons. The molecule has 0 spiro atoms. The maximum atomic E-state index is 13.9. The number of halogens is 1. The molecule has 1 aromatic heterocycles. The molecule has 1 aliphatic heterocycles. The molecule has 2 atom stereocenters. The van der Waals surface area contributed by atoms with Gasteiger partial charge in [0, 0.05) is 59.1 Å². The van der Waals surface area contributed by atoms with Gasteiger partial charge in [-0.1, -0.05) is 18.2 Å². The summed E-state index contributed by atoms with van der Waals surface area (Å²) in [5.74, 6) is 0.00909. The predicted molar refractivity (Wildman–Crippen MR) is 112 cm³/mol. The average molecular weight is 416 g/mol. The van der Waals surface area contributed by atoms with Gasteiger partial charge in [0.15, 0.2) is 0 Å². The Bertz CT molecular complexity index is 805. The summed E-state index contributed by atoms with van der Waals surface area (Å²) in [4.78, 5) is 21.1. The third-order valence-corrected chi connectivity index (χ3v) is 5.55. The second-order valence-corrected chi connectivity index (χ2v) is 7.70. The number of aromatic nitrogens is 1. The van der Waals surface area contributed by atoms with Gasteiger partial charge >= 0.3 is 0 Å². The number of ether oxygens (including phenoxy) is 2. The van der Waals surface area contributed by atoms with Gasteiger partial charge in [-0.15, -0.1) is 0 Å². The van der Waals surface area contributed by atoms with Crippen LogP contribution in [-0.4, -0.2) is 74.3 Å². The van der Waals surface area contributed by atoms with E-state index in [4.69, 9.17) is 9.47 Å². The number of methoxy groups -OCH3 is 2. The second kappa shape index (κ2) is 11.2. The van der Waals surface area contributed by atoms with Crippen LogP contribution in [0.4, 0.5) is 4.39 Å². The molecule has 7 heteroatoms. The number of carbonyl (C=O) groups excluding carboxylic acids is 1. The summed E-state index contributed by atoms with van der Waals surface area (Å²) >= 11 is 0. The highest BCUT2D eigenvalue weighted by atomic mass is 19.1. The van der Waals surface area contributed by atoms with Crippen LogP contribution in [0, 0.1) is 11.7 Å². The highest BCUT2D eigenvalue weighted by molar-refractivity contribution is 5.77. The first-order valence-electron chi connectivity index (χ1n) is 10.2. The largest absolute Gasteiger partial charge is 0.383 e. The minimum atomic E-state index is -0.235. The Kier molecular flexibility index (Phi) is 8.30. The number of nitrogens with zero attached hydrogens (tertiary/aromatic N) is 3. The first-order valence-corrected chi connectivity index (χ1v) is 10.2. The van der Waals surface area contributed by atoms with Crippen molar-refractivity contribution in [2.24, 2.45) is 5.92 Å². The minimum absolute atomic E-state index is 0.0404. The summed E-state index contributed by atoms with van der Waals surface area (Å²) in [6.45, 7) is 3.91. The van der Waals surface area contributed by atoms with E-state index in [9.17, 15) is 9.18 Å². The molecule has 0 radical (unpaired) electrons. The van der Waals surface area contributed by atoms with Gasteiger partial charge in [0.05, 0.1) is 12.3 Å². The van der Waals surface area contributed by atoms with Crippen molar-refractivity contribution >= 4 is 5.91 Å². The van der Waals surface area contributed by atoms with Gasteiger partial charge < -0.3 is 14.4 Å². The van der Waals surface area contributed by atoms with Crippen LogP contribution in [0.5, 0.6) is 0 Å². The van der Waals surface area contributed by atoms with Crippen molar-refractivity contribution in [3.05, 3.63) is 65.7 Å². The third-order valence-electron chi connectivity index (χ3n) is 5.55. The Labute approximate surface area is 177 Å². The van der Waals surface area contributed by atoms with Gasteiger partial charge in [-0.25, -0.2) is 4.39 Å². The van der Waals surface area contributed by atoms with Crippen molar-refractivity contribution in [2.75, 3.05) is 53.6 Å². The Morgan fingerprint density at radius 3 is 2.77 bits per heavy atom. The van der Waals surface area contributed by atoms with E-state index in [1.54, 1.807) is 30.3 Å². The first kappa shape index (κ1) is 22.3. The molecule has 1 amide bonds. The van der Waals surface area contributed by atoms with E-state index in [2.05, 4.69) is 9.88 Å². The number of pyridine rings is 1. The van der Waals surface area contributed by atoms with Crippen molar-refractivity contribution in [3.8, 4) is 0 Å². The summed E-state index contributed by atoms with van der Waals surface area (Å²) < 4.78 is 24.2. The molecule has 2 heterocycles. The van der Waals surface area contributed by atoms with Crippen LogP contribution < -0.4 is 0 Å². The zero-order valence-corrected chi connectivity index (χ0v) is 17.7. The highest BCUT2D eigenvalue weighted by Gasteiger charge is 2.36. The van der Waals surface area contributed by atoms with Crippen LogP contribution in [0.3, 0.4) is 0 Å². The Hall–Kier alpha value is -2.35. The smallest absolute Gasteiger partial charge is 0.248 e. The lowest BCUT2D eigenvalue weighted by molar-refractivity contribution is -0.136. The van der Waals surface area contributed by atoms with Gasteiger partial charge in [-0.2, -0.15) is 0 Å². The maximum Gasteiger partial charge on any atom is 0.248 e. The summed E-state index contributed by atoms with van der Waals surface area (Å²) in [7, 11) is 3.14. The maximum absolute atomic E-state index is 13.9. The summed E-state index contributed by atoms with van der Waals surface area (Å²) in [5.41, 5.74) is 1.97. The molecule has 0 unspecified atom stereocenters. The van der Waals surface area contributed by atoms with Crippen LogP contribution >= 0.6 is 0 Å². The van der Waals surface area contributed by atoms with E-state index >= 15 is 0 Å². The number of hydrogen-bond donors (Lipinski definition) is 0. The zero-order valence-electron chi connectivity index (χ0n) is 17.7. The van der Waals surface area contributed by atoms with Crippen molar-refractivity contribution in [1.82, 2.24) is 14.8 Å². The van der Waals surface area contributed by atoms with Crippen molar-refractivity contribution in [1.29, 1.82) is 0 Å². The molecule has 1 fully saturated rings. The van der Waals surface area contributed by atoms with E-state index in [1.807, 2.05) is 24.3 Å². The molecule has 30 heavy (non-hydrogen) atoms. The molecule has 0 bridgehead atoms. The second-order valence-electron chi connectivity index (χ2n) is 7.70.